The number of aromatic amines is 1. The number of aromatic nitrogens is 1. The van der Waals surface area contributed by atoms with E-state index in [0.29, 0.717) is 23.4 Å². The van der Waals surface area contributed by atoms with Gasteiger partial charge in [0.25, 0.3) is 5.91 Å². The zero-order valence-electron chi connectivity index (χ0n) is 10.9. The van der Waals surface area contributed by atoms with E-state index in [-0.39, 0.29) is 23.1 Å². The highest BCUT2D eigenvalue weighted by atomic mass is 16.3. The molecule has 20 heavy (non-hydrogen) atoms. The van der Waals surface area contributed by atoms with Gasteiger partial charge in [-0.15, -0.1) is 0 Å². The second-order valence-corrected chi connectivity index (χ2v) is 5.29. The van der Waals surface area contributed by atoms with E-state index >= 15 is 0 Å². The molecule has 1 saturated carbocycles. The van der Waals surface area contributed by atoms with Crippen LogP contribution in [0.3, 0.4) is 0 Å². The van der Waals surface area contributed by atoms with Crippen LogP contribution in [-0.2, 0) is 0 Å². The largest absolute Gasteiger partial charge is 0.393 e. The van der Waals surface area contributed by atoms with Crippen LogP contribution in [-0.4, -0.2) is 28.6 Å². The number of aliphatic hydroxyl groups excluding tert-OH is 1. The normalized spacial score (nSPS) is 21.4. The zero-order chi connectivity index (χ0) is 14.1. The molecule has 2 aromatic rings. The van der Waals surface area contributed by atoms with Gasteiger partial charge in [0, 0.05) is 23.5 Å². The second-order valence-electron chi connectivity index (χ2n) is 5.29. The van der Waals surface area contributed by atoms with Crippen LogP contribution in [0.1, 0.15) is 23.3 Å². The van der Waals surface area contributed by atoms with Crippen LogP contribution in [0.4, 0.5) is 0 Å². The van der Waals surface area contributed by atoms with Gasteiger partial charge < -0.3 is 15.4 Å². The van der Waals surface area contributed by atoms with Crippen molar-refractivity contribution in [2.24, 2.45) is 5.92 Å². The van der Waals surface area contributed by atoms with E-state index in [4.69, 9.17) is 0 Å². The number of carbonyl (C=O) groups excluding carboxylic acids is 1. The van der Waals surface area contributed by atoms with E-state index < -0.39 is 0 Å². The van der Waals surface area contributed by atoms with Gasteiger partial charge in [0.05, 0.1) is 6.10 Å². The van der Waals surface area contributed by atoms with Crippen LogP contribution in [0.5, 0.6) is 0 Å². The number of benzene rings is 1. The van der Waals surface area contributed by atoms with E-state index in [9.17, 15) is 14.7 Å². The van der Waals surface area contributed by atoms with Gasteiger partial charge in [-0.3, -0.25) is 9.59 Å². The molecular weight excluding hydrogens is 256 g/mol. The van der Waals surface area contributed by atoms with Crippen molar-refractivity contribution in [2.45, 2.75) is 18.9 Å². The van der Waals surface area contributed by atoms with Gasteiger partial charge in [0.1, 0.15) is 5.69 Å². The maximum Gasteiger partial charge on any atom is 0.267 e. The number of carbonyl (C=O) groups is 1. The zero-order valence-corrected chi connectivity index (χ0v) is 10.9. The lowest BCUT2D eigenvalue weighted by Gasteiger charge is -2.31. The number of fused-ring (bicyclic) bond motifs is 1. The molecule has 1 heterocycles. The van der Waals surface area contributed by atoms with Crippen LogP contribution >= 0.6 is 0 Å². The van der Waals surface area contributed by atoms with E-state index in [0.717, 1.165) is 12.8 Å². The third-order valence-corrected chi connectivity index (χ3v) is 3.74. The Morgan fingerprint density at radius 1 is 1.35 bits per heavy atom. The van der Waals surface area contributed by atoms with Crippen molar-refractivity contribution in [1.29, 1.82) is 0 Å². The third-order valence-electron chi connectivity index (χ3n) is 3.74. The molecular formula is C15H16N2O3. The fourth-order valence-corrected chi connectivity index (χ4v) is 2.52. The van der Waals surface area contributed by atoms with Gasteiger partial charge in [0.15, 0.2) is 5.43 Å². The average molecular weight is 272 g/mol. The lowest BCUT2D eigenvalue weighted by Crippen LogP contribution is -2.38. The maximum atomic E-state index is 12.0. The number of H-pyrrole nitrogens is 1. The van der Waals surface area contributed by atoms with Crippen LogP contribution < -0.4 is 10.7 Å². The monoisotopic (exact) mass is 272 g/mol. The second kappa shape index (κ2) is 5.09. The highest BCUT2D eigenvalue weighted by molar-refractivity contribution is 5.94. The van der Waals surface area contributed by atoms with E-state index in [1.54, 1.807) is 18.2 Å². The van der Waals surface area contributed by atoms with Crippen LogP contribution in [0.25, 0.3) is 10.9 Å². The molecule has 0 bridgehead atoms. The highest BCUT2D eigenvalue weighted by Gasteiger charge is 2.27. The minimum atomic E-state index is -0.283. The van der Waals surface area contributed by atoms with Gasteiger partial charge in [-0.2, -0.15) is 0 Å². The fraction of sp³-hybridized carbons (Fsp3) is 0.333. The van der Waals surface area contributed by atoms with Crippen molar-refractivity contribution in [2.75, 3.05) is 6.54 Å². The molecule has 104 valence electrons. The number of amides is 1. The van der Waals surface area contributed by atoms with Crippen molar-refractivity contribution in [3.8, 4) is 0 Å². The van der Waals surface area contributed by atoms with Crippen molar-refractivity contribution < 1.29 is 9.90 Å². The number of aliphatic hydroxyl groups is 1. The standard InChI is InChI=1S/C15H16N2O3/c18-10-5-9(6-10)8-16-15(20)13-7-14(19)11-3-1-2-4-12(11)17-13/h1-4,7,9-10,18H,5-6,8H2,(H,16,20)(H,17,19). The summed E-state index contributed by atoms with van der Waals surface area (Å²) >= 11 is 0. The quantitative estimate of drug-likeness (QED) is 0.780. The number of pyridine rings is 1. The minimum Gasteiger partial charge on any atom is -0.393 e. The lowest BCUT2D eigenvalue weighted by atomic mass is 9.82. The van der Waals surface area contributed by atoms with Gasteiger partial charge in [0.2, 0.25) is 0 Å². The number of hydrogen-bond donors (Lipinski definition) is 3. The number of nitrogens with one attached hydrogen (secondary N) is 2. The first-order chi connectivity index (χ1) is 9.63. The first-order valence-electron chi connectivity index (χ1n) is 6.72. The first kappa shape index (κ1) is 12.9. The fourth-order valence-electron chi connectivity index (χ4n) is 2.52. The lowest BCUT2D eigenvalue weighted by molar-refractivity contribution is 0.0420. The summed E-state index contributed by atoms with van der Waals surface area (Å²) in [5, 5.41) is 12.6. The molecule has 1 aromatic heterocycles. The third kappa shape index (κ3) is 2.44. The molecule has 0 radical (unpaired) electrons. The summed E-state index contributed by atoms with van der Waals surface area (Å²) in [5.74, 6) is 0.0513. The summed E-state index contributed by atoms with van der Waals surface area (Å²) in [7, 11) is 0. The highest BCUT2D eigenvalue weighted by Crippen LogP contribution is 2.26. The molecule has 3 rings (SSSR count). The summed E-state index contributed by atoms with van der Waals surface area (Å²) < 4.78 is 0. The van der Waals surface area contributed by atoms with Crippen molar-refractivity contribution in [3.05, 3.63) is 46.2 Å². The van der Waals surface area contributed by atoms with Crippen LogP contribution in [0, 0.1) is 5.92 Å². The smallest absolute Gasteiger partial charge is 0.267 e. The van der Waals surface area contributed by atoms with Gasteiger partial charge in [-0.1, -0.05) is 12.1 Å². The number of para-hydroxylation sites is 1. The Morgan fingerprint density at radius 3 is 2.85 bits per heavy atom. The molecule has 0 saturated heterocycles. The Kier molecular flexibility index (Phi) is 3.28. The predicted octanol–water partition coefficient (Wildman–Crippen LogP) is 1.03. The Labute approximate surface area is 115 Å². The van der Waals surface area contributed by atoms with Gasteiger partial charge in [-0.25, -0.2) is 0 Å². The summed E-state index contributed by atoms with van der Waals surface area (Å²) in [6, 6.07) is 8.43. The average Bonchev–Trinajstić information content (AvgIpc) is 2.42. The summed E-state index contributed by atoms with van der Waals surface area (Å²) in [4.78, 5) is 26.9. The molecule has 0 unspecified atom stereocenters. The van der Waals surface area contributed by atoms with Crippen molar-refractivity contribution in [3.63, 3.8) is 0 Å². The molecule has 0 aliphatic heterocycles. The molecule has 1 aliphatic carbocycles. The Balaban J connectivity index is 1.76. The van der Waals surface area contributed by atoms with Crippen molar-refractivity contribution >= 4 is 16.8 Å². The summed E-state index contributed by atoms with van der Waals surface area (Å²) in [5.41, 5.74) is 0.765. The Morgan fingerprint density at radius 2 is 2.10 bits per heavy atom. The maximum absolute atomic E-state index is 12.0. The Hall–Kier alpha value is -2.14. The molecule has 5 nitrogen and oxygen atoms in total. The van der Waals surface area contributed by atoms with Crippen molar-refractivity contribution in [1.82, 2.24) is 10.3 Å². The van der Waals surface area contributed by atoms with E-state index in [2.05, 4.69) is 10.3 Å². The molecule has 3 N–H and O–H groups in total. The topological polar surface area (TPSA) is 82.2 Å². The number of hydrogen-bond acceptors (Lipinski definition) is 3. The summed E-state index contributed by atoms with van der Waals surface area (Å²) in [6.45, 7) is 0.532. The first-order valence-corrected chi connectivity index (χ1v) is 6.72. The molecule has 0 atom stereocenters. The van der Waals surface area contributed by atoms with Crippen LogP contribution in [0.15, 0.2) is 35.1 Å². The molecule has 1 aromatic carbocycles. The number of rotatable bonds is 3. The van der Waals surface area contributed by atoms with Gasteiger partial charge in [-0.05, 0) is 30.9 Å². The SMILES string of the molecule is O=C(NCC1CC(O)C1)c1cc(=O)c2ccccc2[nH]1. The Bertz CT molecular complexity index is 702. The summed E-state index contributed by atoms with van der Waals surface area (Å²) in [6.07, 6.45) is 1.24. The van der Waals surface area contributed by atoms with Crippen LogP contribution in [0.2, 0.25) is 0 Å². The van der Waals surface area contributed by atoms with E-state index in [1.165, 1.54) is 6.07 Å². The molecule has 0 spiro atoms. The minimum absolute atomic E-state index is 0.163. The molecule has 1 amide bonds. The predicted molar refractivity (Wildman–Crippen MR) is 75.6 cm³/mol. The van der Waals surface area contributed by atoms with E-state index in [1.807, 2.05) is 6.07 Å². The molecule has 5 heteroatoms. The molecule has 1 aliphatic rings. The molecule has 1 fully saturated rings. The van der Waals surface area contributed by atoms with Gasteiger partial charge >= 0.3 is 0 Å².